The number of hydrogen-bond acceptors (Lipinski definition) is 0. The molecule has 2 aliphatic carbocycles. The first-order valence-electron chi connectivity index (χ1n) is 5.46. The molecule has 15 heavy (non-hydrogen) atoms. The van der Waals surface area contributed by atoms with E-state index in [4.69, 9.17) is 0 Å². The van der Waals surface area contributed by atoms with E-state index in [0.717, 1.165) is 12.8 Å². The number of halogens is 3. The van der Waals surface area contributed by atoms with Crippen LogP contribution in [-0.4, -0.2) is 6.98 Å². The molecule has 2 saturated carbocycles. The van der Waals surface area contributed by atoms with Crippen molar-refractivity contribution in [2.24, 2.45) is 23.2 Å². The molecule has 0 aromatic carbocycles. The smallest absolute Gasteiger partial charge is 0.449 e. The summed E-state index contributed by atoms with van der Waals surface area (Å²) in [6.45, 7) is 1.12. The largest absolute Gasteiger partial charge is 1.00 e. The van der Waals surface area contributed by atoms with Gasteiger partial charge in [-0.15, -0.1) is 0 Å². The van der Waals surface area contributed by atoms with Gasteiger partial charge in [-0.25, -0.2) is 0 Å². The van der Waals surface area contributed by atoms with Crippen molar-refractivity contribution in [3.8, 4) is 0 Å². The Bertz CT molecular complexity index is 252. The third kappa shape index (κ3) is 2.37. The average Bonchev–Trinajstić information content (AvgIpc) is 2.51. The molecule has 0 bridgehead atoms. The Hall–Kier alpha value is 1.49. The SMILES string of the molecule is C[C@H]1CC[C@@H]2[C@H]([C@@H]1[B-](F)(F)F)C2(C)C.[K+]. The van der Waals surface area contributed by atoms with Gasteiger partial charge in [-0.2, -0.15) is 0 Å². The minimum atomic E-state index is -4.64. The molecule has 82 valence electrons. The second-order valence-electron chi connectivity index (χ2n) is 5.71. The molecule has 0 saturated heterocycles. The van der Waals surface area contributed by atoms with Gasteiger partial charge < -0.3 is 12.9 Å². The van der Waals surface area contributed by atoms with E-state index < -0.39 is 12.8 Å². The van der Waals surface area contributed by atoms with Crippen molar-refractivity contribution in [1.29, 1.82) is 0 Å². The van der Waals surface area contributed by atoms with Gasteiger partial charge in [0.05, 0.1) is 0 Å². The maximum atomic E-state index is 12.9. The van der Waals surface area contributed by atoms with Crippen molar-refractivity contribution in [2.45, 2.75) is 39.4 Å². The van der Waals surface area contributed by atoms with Crippen LogP contribution in [0.1, 0.15) is 33.6 Å². The summed E-state index contributed by atoms with van der Waals surface area (Å²) in [5, 5.41) is 0. The molecular weight excluding hydrogens is 227 g/mol. The molecule has 0 amide bonds. The molecular formula is C10H17BF3K. The van der Waals surface area contributed by atoms with E-state index in [1.807, 2.05) is 13.8 Å². The topological polar surface area (TPSA) is 0 Å². The van der Waals surface area contributed by atoms with Crippen LogP contribution < -0.4 is 51.4 Å². The molecule has 0 nitrogen and oxygen atoms in total. The zero-order chi connectivity index (χ0) is 10.7. The van der Waals surface area contributed by atoms with E-state index in [2.05, 4.69) is 0 Å². The van der Waals surface area contributed by atoms with Gasteiger partial charge >= 0.3 is 58.4 Å². The third-order valence-electron chi connectivity index (χ3n) is 4.58. The van der Waals surface area contributed by atoms with Gasteiger partial charge in [0.15, 0.2) is 0 Å². The summed E-state index contributed by atoms with van der Waals surface area (Å²) in [5.74, 6) is -0.875. The van der Waals surface area contributed by atoms with Crippen LogP contribution in [0.15, 0.2) is 0 Å². The average molecular weight is 244 g/mol. The molecule has 2 aliphatic rings. The first-order chi connectivity index (χ1) is 6.26. The van der Waals surface area contributed by atoms with E-state index in [9.17, 15) is 12.9 Å². The third-order valence-corrected chi connectivity index (χ3v) is 4.58. The Morgan fingerprint density at radius 2 is 1.67 bits per heavy atom. The van der Waals surface area contributed by atoms with E-state index in [1.165, 1.54) is 0 Å². The van der Waals surface area contributed by atoms with Crippen LogP contribution in [0.25, 0.3) is 0 Å². The molecule has 5 heteroatoms. The van der Waals surface area contributed by atoms with Crippen LogP contribution in [0.4, 0.5) is 12.9 Å². The molecule has 0 heterocycles. The van der Waals surface area contributed by atoms with Crippen LogP contribution in [0.3, 0.4) is 0 Å². The second kappa shape index (κ2) is 4.30. The zero-order valence-electron chi connectivity index (χ0n) is 9.93. The van der Waals surface area contributed by atoms with E-state index in [1.54, 1.807) is 6.92 Å². The van der Waals surface area contributed by atoms with Gasteiger partial charge in [0, 0.05) is 0 Å². The Labute approximate surface area is 132 Å². The quantitative estimate of drug-likeness (QED) is 0.601. The first-order valence-corrected chi connectivity index (χ1v) is 5.46. The zero-order valence-corrected chi connectivity index (χ0v) is 13.1. The summed E-state index contributed by atoms with van der Waals surface area (Å²) in [6.07, 6.45) is 1.76. The van der Waals surface area contributed by atoms with Crippen LogP contribution in [0.5, 0.6) is 0 Å². The second-order valence-corrected chi connectivity index (χ2v) is 5.71. The Morgan fingerprint density at radius 3 is 2.07 bits per heavy atom. The standard InChI is InChI=1S/C10H17BF3.K/c1-6-4-5-7-8(10(7,2)3)9(6)11(12,13)14;/h6-9H,4-5H2,1-3H3;/q-1;+1/t6-,7+,8+,9+;/m0./s1. The minimum Gasteiger partial charge on any atom is -0.449 e. The molecule has 0 spiro atoms. The number of fused-ring (bicyclic) bond motifs is 1. The molecule has 0 aromatic heterocycles. The van der Waals surface area contributed by atoms with Crippen molar-refractivity contribution in [2.75, 3.05) is 0 Å². The Morgan fingerprint density at radius 1 is 1.13 bits per heavy atom. The van der Waals surface area contributed by atoms with E-state index >= 15 is 0 Å². The summed E-state index contributed by atoms with van der Waals surface area (Å²) < 4.78 is 38.6. The van der Waals surface area contributed by atoms with Crippen LogP contribution >= 0.6 is 0 Å². The van der Waals surface area contributed by atoms with Crippen molar-refractivity contribution < 1.29 is 64.3 Å². The number of rotatable bonds is 1. The van der Waals surface area contributed by atoms with Crippen molar-refractivity contribution in [1.82, 2.24) is 0 Å². The molecule has 2 fully saturated rings. The molecule has 2 rings (SSSR count). The van der Waals surface area contributed by atoms with Gasteiger partial charge in [-0.3, -0.25) is 0 Å². The van der Waals surface area contributed by atoms with Crippen molar-refractivity contribution >= 4 is 6.98 Å². The van der Waals surface area contributed by atoms with Crippen molar-refractivity contribution in [3.63, 3.8) is 0 Å². The van der Waals surface area contributed by atoms with E-state index in [0.29, 0.717) is 5.92 Å². The van der Waals surface area contributed by atoms with Gasteiger partial charge in [-0.1, -0.05) is 44.8 Å². The summed E-state index contributed by atoms with van der Waals surface area (Å²) in [6, 6.07) is 0. The van der Waals surface area contributed by atoms with Crippen LogP contribution in [-0.2, 0) is 0 Å². The first kappa shape index (κ1) is 14.6. The van der Waals surface area contributed by atoms with Crippen LogP contribution in [0, 0.1) is 23.2 Å². The number of hydrogen-bond donors (Lipinski definition) is 0. The summed E-state index contributed by atoms with van der Waals surface area (Å²) >= 11 is 0. The fourth-order valence-electron chi connectivity index (χ4n) is 3.70. The molecule has 0 aliphatic heterocycles. The van der Waals surface area contributed by atoms with E-state index in [-0.39, 0.29) is 68.6 Å². The van der Waals surface area contributed by atoms with Gasteiger partial charge in [0.2, 0.25) is 0 Å². The van der Waals surface area contributed by atoms with Crippen LogP contribution in [0.2, 0.25) is 5.82 Å². The summed E-state index contributed by atoms with van der Waals surface area (Å²) in [5.41, 5.74) is -0.0489. The van der Waals surface area contributed by atoms with Gasteiger partial charge in [-0.05, 0) is 17.8 Å². The maximum absolute atomic E-state index is 12.9. The summed E-state index contributed by atoms with van der Waals surface area (Å²) in [4.78, 5) is 0. The van der Waals surface area contributed by atoms with Gasteiger partial charge in [0.1, 0.15) is 0 Å². The Balaban J connectivity index is 0.00000112. The monoisotopic (exact) mass is 244 g/mol. The molecule has 0 unspecified atom stereocenters. The van der Waals surface area contributed by atoms with Crippen molar-refractivity contribution in [3.05, 3.63) is 0 Å². The molecule has 0 aromatic rings. The maximum Gasteiger partial charge on any atom is 1.00 e. The normalized spacial score (nSPS) is 42.8. The predicted molar refractivity (Wildman–Crippen MR) is 52.0 cm³/mol. The van der Waals surface area contributed by atoms with Gasteiger partial charge in [0.25, 0.3) is 0 Å². The molecule has 0 radical (unpaired) electrons. The Kier molecular flexibility index (Phi) is 4.18. The fraction of sp³-hybridized carbons (Fsp3) is 1.00. The predicted octanol–water partition coefficient (Wildman–Crippen LogP) is 0.910. The molecule has 4 atom stereocenters. The fourth-order valence-corrected chi connectivity index (χ4v) is 3.70. The minimum absolute atomic E-state index is 0. The molecule has 0 N–H and O–H groups in total. The summed E-state index contributed by atoms with van der Waals surface area (Å²) in [7, 11) is 0.